The van der Waals surface area contributed by atoms with Gasteiger partial charge in [-0.1, -0.05) is 18.2 Å². The molecular formula is C21H23NO6. The van der Waals surface area contributed by atoms with Gasteiger partial charge in [0.15, 0.2) is 18.1 Å². The van der Waals surface area contributed by atoms with Gasteiger partial charge in [0.25, 0.3) is 5.91 Å². The van der Waals surface area contributed by atoms with Crippen LogP contribution < -0.4 is 19.5 Å². The fourth-order valence-electron chi connectivity index (χ4n) is 3.09. The van der Waals surface area contributed by atoms with E-state index in [0.717, 1.165) is 24.2 Å². The number of hydrogen-bond donors (Lipinski definition) is 2. The Morgan fingerprint density at radius 1 is 1.18 bits per heavy atom. The second-order valence-electron chi connectivity index (χ2n) is 6.33. The molecule has 2 aromatic carbocycles. The third-order valence-electron chi connectivity index (χ3n) is 4.35. The average molecular weight is 385 g/mol. The molecule has 7 heteroatoms. The van der Waals surface area contributed by atoms with Crippen molar-refractivity contribution >= 4 is 11.9 Å². The van der Waals surface area contributed by atoms with Crippen molar-refractivity contribution in [1.29, 1.82) is 0 Å². The van der Waals surface area contributed by atoms with E-state index in [9.17, 15) is 9.59 Å². The highest BCUT2D eigenvalue weighted by molar-refractivity contribution is 5.95. The number of para-hydroxylation sites is 1. The molecule has 0 unspecified atom stereocenters. The van der Waals surface area contributed by atoms with Gasteiger partial charge in [-0.3, -0.25) is 4.79 Å². The fourth-order valence-corrected chi connectivity index (χ4v) is 3.09. The Morgan fingerprint density at radius 2 is 2.00 bits per heavy atom. The normalized spacial score (nSPS) is 15.5. The summed E-state index contributed by atoms with van der Waals surface area (Å²) < 4.78 is 16.5. The van der Waals surface area contributed by atoms with Crippen LogP contribution in [0.3, 0.4) is 0 Å². The number of rotatable bonds is 7. The molecule has 0 saturated carbocycles. The van der Waals surface area contributed by atoms with Crippen LogP contribution in [0.5, 0.6) is 17.2 Å². The summed E-state index contributed by atoms with van der Waals surface area (Å²) in [5.74, 6) is 0.0821. The van der Waals surface area contributed by atoms with E-state index in [1.54, 1.807) is 25.1 Å². The molecular weight excluding hydrogens is 362 g/mol. The number of nitrogens with one attached hydrogen (secondary N) is 1. The second kappa shape index (κ2) is 9.12. The number of carboxylic acids is 1. The summed E-state index contributed by atoms with van der Waals surface area (Å²) in [6.07, 6.45) is 1.62. The SMILES string of the molecule is CCOc1cc(C(=O)N[C@@H]2CCCOc3ccccc32)ccc1OCC(=O)O. The van der Waals surface area contributed by atoms with E-state index in [-0.39, 0.29) is 17.7 Å². The standard InChI is InChI=1S/C21H23NO6/c1-2-26-19-12-14(9-10-18(19)28-13-20(23)24)21(25)22-16-7-5-11-27-17-8-4-3-6-15(16)17/h3-4,6,8-10,12,16H,2,5,7,11,13H2,1H3,(H,22,25)(H,23,24)/t16-/m1/s1. The molecule has 3 rings (SSSR count). The number of hydrogen-bond acceptors (Lipinski definition) is 5. The number of amides is 1. The predicted molar refractivity (Wildman–Crippen MR) is 102 cm³/mol. The number of carbonyl (C=O) groups excluding carboxylic acids is 1. The van der Waals surface area contributed by atoms with E-state index < -0.39 is 12.6 Å². The van der Waals surface area contributed by atoms with Crippen molar-refractivity contribution in [1.82, 2.24) is 5.32 Å². The molecule has 0 saturated heterocycles. The lowest BCUT2D eigenvalue weighted by molar-refractivity contribution is -0.139. The van der Waals surface area contributed by atoms with Crippen molar-refractivity contribution in [3.8, 4) is 17.2 Å². The third-order valence-corrected chi connectivity index (χ3v) is 4.35. The zero-order valence-corrected chi connectivity index (χ0v) is 15.6. The van der Waals surface area contributed by atoms with E-state index in [0.29, 0.717) is 24.5 Å². The summed E-state index contributed by atoms with van der Waals surface area (Å²) >= 11 is 0. The number of carboxylic acid groups (broad SMARTS) is 1. The molecule has 1 aliphatic heterocycles. The van der Waals surface area contributed by atoms with Crippen LogP contribution in [0.25, 0.3) is 0 Å². The van der Waals surface area contributed by atoms with Crippen LogP contribution in [0, 0.1) is 0 Å². The molecule has 0 aliphatic carbocycles. The summed E-state index contributed by atoms with van der Waals surface area (Å²) in [5, 5.41) is 11.8. The van der Waals surface area contributed by atoms with Crippen LogP contribution >= 0.6 is 0 Å². The van der Waals surface area contributed by atoms with Gasteiger partial charge >= 0.3 is 5.97 Å². The number of ether oxygens (including phenoxy) is 3. The molecule has 1 amide bonds. The van der Waals surface area contributed by atoms with Crippen LogP contribution in [0.2, 0.25) is 0 Å². The maximum Gasteiger partial charge on any atom is 0.341 e. The summed E-state index contributed by atoms with van der Waals surface area (Å²) in [7, 11) is 0. The quantitative estimate of drug-likeness (QED) is 0.760. The van der Waals surface area contributed by atoms with Crippen LogP contribution in [0.1, 0.15) is 41.7 Å². The third kappa shape index (κ3) is 4.73. The molecule has 1 atom stereocenters. The summed E-state index contributed by atoms with van der Waals surface area (Å²) in [4.78, 5) is 23.6. The van der Waals surface area contributed by atoms with E-state index in [1.807, 2.05) is 24.3 Å². The number of benzene rings is 2. The zero-order valence-electron chi connectivity index (χ0n) is 15.6. The van der Waals surface area contributed by atoms with Gasteiger partial charge < -0.3 is 24.6 Å². The second-order valence-corrected chi connectivity index (χ2v) is 6.33. The van der Waals surface area contributed by atoms with Gasteiger partial charge in [-0.2, -0.15) is 0 Å². The van der Waals surface area contributed by atoms with Crippen molar-refractivity contribution in [3.05, 3.63) is 53.6 Å². The minimum absolute atomic E-state index is 0.148. The smallest absolute Gasteiger partial charge is 0.341 e. The van der Waals surface area contributed by atoms with E-state index in [2.05, 4.69) is 5.32 Å². The van der Waals surface area contributed by atoms with E-state index >= 15 is 0 Å². The maximum atomic E-state index is 12.8. The molecule has 148 valence electrons. The Kier molecular flexibility index (Phi) is 6.37. The Labute approximate surface area is 163 Å². The van der Waals surface area contributed by atoms with Crippen LogP contribution in [-0.4, -0.2) is 36.8 Å². The molecule has 0 aromatic heterocycles. The first-order valence-electron chi connectivity index (χ1n) is 9.22. The Bertz CT molecular complexity index is 851. The highest BCUT2D eigenvalue weighted by atomic mass is 16.5. The van der Waals surface area contributed by atoms with E-state index in [1.165, 1.54) is 0 Å². The molecule has 2 N–H and O–H groups in total. The first kappa shape index (κ1) is 19.5. The maximum absolute atomic E-state index is 12.8. The zero-order chi connectivity index (χ0) is 19.9. The molecule has 0 bridgehead atoms. The Hall–Kier alpha value is -3.22. The molecule has 1 aliphatic rings. The fraction of sp³-hybridized carbons (Fsp3) is 0.333. The van der Waals surface area contributed by atoms with Gasteiger partial charge in [-0.25, -0.2) is 4.79 Å². The molecule has 28 heavy (non-hydrogen) atoms. The largest absolute Gasteiger partial charge is 0.493 e. The minimum Gasteiger partial charge on any atom is -0.493 e. The summed E-state index contributed by atoms with van der Waals surface area (Å²) in [6.45, 7) is 2.30. The highest BCUT2D eigenvalue weighted by Crippen LogP contribution is 2.32. The van der Waals surface area contributed by atoms with Gasteiger partial charge in [0, 0.05) is 11.1 Å². The Morgan fingerprint density at radius 3 is 2.79 bits per heavy atom. The van der Waals surface area contributed by atoms with Crippen molar-refractivity contribution in [2.24, 2.45) is 0 Å². The van der Waals surface area contributed by atoms with Crippen molar-refractivity contribution in [2.75, 3.05) is 19.8 Å². The number of fused-ring (bicyclic) bond motifs is 1. The lowest BCUT2D eigenvalue weighted by atomic mass is 10.0. The minimum atomic E-state index is -1.08. The molecule has 1 heterocycles. The first-order chi connectivity index (χ1) is 13.6. The Balaban J connectivity index is 1.78. The first-order valence-corrected chi connectivity index (χ1v) is 9.22. The lowest BCUT2D eigenvalue weighted by Gasteiger charge is -2.19. The van der Waals surface area contributed by atoms with Gasteiger partial charge in [0.1, 0.15) is 5.75 Å². The topological polar surface area (TPSA) is 94.1 Å². The lowest BCUT2D eigenvalue weighted by Crippen LogP contribution is -2.28. The average Bonchev–Trinajstić information content (AvgIpc) is 2.89. The molecule has 2 aromatic rings. The van der Waals surface area contributed by atoms with E-state index in [4.69, 9.17) is 19.3 Å². The summed E-state index contributed by atoms with van der Waals surface area (Å²) in [5.41, 5.74) is 1.37. The highest BCUT2D eigenvalue weighted by Gasteiger charge is 2.22. The van der Waals surface area contributed by atoms with Gasteiger partial charge in [0.05, 0.1) is 19.3 Å². The predicted octanol–water partition coefficient (Wildman–Crippen LogP) is 3.19. The number of aliphatic carboxylic acids is 1. The van der Waals surface area contributed by atoms with Crippen molar-refractivity contribution in [2.45, 2.75) is 25.8 Å². The molecule has 0 spiro atoms. The van der Waals surface area contributed by atoms with Gasteiger partial charge in [-0.05, 0) is 44.0 Å². The van der Waals surface area contributed by atoms with Crippen LogP contribution in [0.15, 0.2) is 42.5 Å². The summed E-state index contributed by atoms with van der Waals surface area (Å²) in [6, 6.07) is 12.3. The molecule has 0 radical (unpaired) electrons. The number of carbonyl (C=O) groups is 2. The van der Waals surface area contributed by atoms with Crippen LogP contribution in [-0.2, 0) is 4.79 Å². The van der Waals surface area contributed by atoms with Crippen molar-refractivity contribution < 1.29 is 28.9 Å². The monoisotopic (exact) mass is 385 g/mol. The van der Waals surface area contributed by atoms with Gasteiger partial charge in [-0.15, -0.1) is 0 Å². The molecule has 0 fully saturated rings. The van der Waals surface area contributed by atoms with Crippen molar-refractivity contribution in [3.63, 3.8) is 0 Å². The molecule has 7 nitrogen and oxygen atoms in total. The van der Waals surface area contributed by atoms with Gasteiger partial charge in [0.2, 0.25) is 0 Å². The van der Waals surface area contributed by atoms with Crippen LogP contribution in [0.4, 0.5) is 0 Å².